The summed E-state index contributed by atoms with van der Waals surface area (Å²) in [5.74, 6) is -0.476. The molecule has 5 nitrogen and oxygen atoms in total. The molecule has 0 aliphatic rings. The fourth-order valence-corrected chi connectivity index (χ4v) is 0.755. The highest BCUT2D eigenvalue weighted by atomic mass is 16.4. The summed E-state index contributed by atoms with van der Waals surface area (Å²) in [5.41, 5.74) is 0. The second kappa shape index (κ2) is 3.75. The molecule has 0 saturated carbocycles. The lowest BCUT2D eigenvalue weighted by Gasteiger charge is -2.08. The molecule has 3 N–H and O–H groups in total. The van der Waals surface area contributed by atoms with E-state index in [1.807, 2.05) is 0 Å². The predicted molar refractivity (Wildman–Crippen MR) is 46.6 cm³/mol. The number of nitrogens with zero attached hydrogens (tertiary/aromatic N) is 1. The van der Waals surface area contributed by atoms with Crippen molar-refractivity contribution in [2.24, 2.45) is 0 Å². The molecule has 0 aliphatic heterocycles. The van der Waals surface area contributed by atoms with Gasteiger partial charge in [0.1, 0.15) is 17.6 Å². The number of nitrogens with one attached hydrogen (secondary N) is 1. The van der Waals surface area contributed by atoms with Gasteiger partial charge in [-0.05, 0) is 19.1 Å². The van der Waals surface area contributed by atoms with Gasteiger partial charge in [0.15, 0.2) is 0 Å². The van der Waals surface area contributed by atoms with Crippen molar-refractivity contribution in [1.82, 2.24) is 4.98 Å². The lowest BCUT2D eigenvalue weighted by Crippen LogP contribution is -2.25. The first-order valence-electron chi connectivity index (χ1n) is 3.74. The number of hydrogen-bond donors (Lipinski definition) is 3. The molecule has 0 aromatic carbocycles. The van der Waals surface area contributed by atoms with Crippen LogP contribution in [0.15, 0.2) is 18.3 Å². The van der Waals surface area contributed by atoms with Crippen LogP contribution in [-0.4, -0.2) is 27.2 Å². The molecule has 0 radical (unpaired) electrons. The van der Waals surface area contributed by atoms with E-state index in [-0.39, 0.29) is 5.75 Å². The van der Waals surface area contributed by atoms with Gasteiger partial charge in [-0.3, -0.25) is 4.79 Å². The molecule has 5 heteroatoms. The first-order chi connectivity index (χ1) is 6.09. The van der Waals surface area contributed by atoms with Crippen LogP contribution in [0.1, 0.15) is 6.92 Å². The molecule has 0 bridgehead atoms. The number of carboxylic acids is 1. The Bertz CT molecular complexity index is 297. The molecule has 1 atom stereocenters. The molecule has 1 heterocycles. The SMILES string of the molecule is CC(Nc1ccc(O)cn1)C(=O)O. The number of aromatic hydroxyl groups is 1. The Kier molecular flexibility index (Phi) is 2.69. The average Bonchev–Trinajstić information content (AvgIpc) is 2.08. The number of pyridine rings is 1. The van der Waals surface area contributed by atoms with Gasteiger partial charge in [-0.2, -0.15) is 0 Å². The quantitative estimate of drug-likeness (QED) is 0.640. The third kappa shape index (κ3) is 2.62. The minimum atomic E-state index is -0.949. The summed E-state index contributed by atoms with van der Waals surface area (Å²) in [6.45, 7) is 1.51. The van der Waals surface area contributed by atoms with E-state index in [0.29, 0.717) is 5.82 Å². The normalized spacial score (nSPS) is 12.1. The molecular weight excluding hydrogens is 172 g/mol. The highest BCUT2D eigenvalue weighted by Crippen LogP contribution is 2.10. The fourth-order valence-electron chi connectivity index (χ4n) is 0.755. The standard InChI is InChI=1S/C8H10N2O3/c1-5(8(12)13)10-7-3-2-6(11)4-9-7/h2-5,11H,1H3,(H,9,10)(H,12,13). The number of aliphatic carboxylic acids is 1. The Morgan fingerprint density at radius 2 is 2.31 bits per heavy atom. The van der Waals surface area contributed by atoms with E-state index in [2.05, 4.69) is 10.3 Å². The summed E-state index contributed by atoms with van der Waals surface area (Å²) < 4.78 is 0. The van der Waals surface area contributed by atoms with Crippen LogP contribution < -0.4 is 5.32 Å². The first-order valence-corrected chi connectivity index (χ1v) is 3.74. The largest absolute Gasteiger partial charge is 0.506 e. The zero-order valence-corrected chi connectivity index (χ0v) is 7.06. The molecule has 0 spiro atoms. The van der Waals surface area contributed by atoms with E-state index in [0.717, 1.165) is 0 Å². The lowest BCUT2D eigenvalue weighted by atomic mass is 10.3. The summed E-state index contributed by atoms with van der Waals surface area (Å²) in [6.07, 6.45) is 1.25. The van der Waals surface area contributed by atoms with Crippen molar-refractivity contribution in [2.75, 3.05) is 5.32 Å². The van der Waals surface area contributed by atoms with Crippen molar-refractivity contribution in [2.45, 2.75) is 13.0 Å². The van der Waals surface area contributed by atoms with Gasteiger partial charge in [0.05, 0.1) is 6.20 Å². The van der Waals surface area contributed by atoms with Crippen molar-refractivity contribution in [3.05, 3.63) is 18.3 Å². The first kappa shape index (κ1) is 9.31. The van der Waals surface area contributed by atoms with Crippen molar-refractivity contribution in [1.29, 1.82) is 0 Å². The van der Waals surface area contributed by atoms with Crippen molar-refractivity contribution >= 4 is 11.8 Å². The van der Waals surface area contributed by atoms with Gasteiger partial charge in [0.25, 0.3) is 0 Å². The number of carboxylic acid groups (broad SMARTS) is 1. The van der Waals surface area contributed by atoms with E-state index in [1.165, 1.54) is 25.3 Å². The topological polar surface area (TPSA) is 82.5 Å². The maximum atomic E-state index is 10.4. The number of carbonyl (C=O) groups is 1. The van der Waals surface area contributed by atoms with Crippen LogP contribution in [0.2, 0.25) is 0 Å². The van der Waals surface area contributed by atoms with Crippen LogP contribution >= 0.6 is 0 Å². The van der Waals surface area contributed by atoms with E-state index < -0.39 is 12.0 Å². The molecule has 0 saturated heterocycles. The van der Waals surface area contributed by atoms with Crippen LogP contribution in [0, 0.1) is 0 Å². The molecule has 70 valence electrons. The average molecular weight is 182 g/mol. The number of anilines is 1. The summed E-state index contributed by atoms with van der Waals surface area (Å²) in [4.78, 5) is 14.2. The van der Waals surface area contributed by atoms with Gasteiger partial charge < -0.3 is 15.5 Å². The van der Waals surface area contributed by atoms with E-state index in [1.54, 1.807) is 0 Å². The fraction of sp³-hybridized carbons (Fsp3) is 0.250. The zero-order chi connectivity index (χ0) is 9.84. The molecule has 13 heavy (non-hydrogen) atoms. The van der Waals surface area contributed by atoms with Crippen molar-refractivity contribution < 1.29 is 15.0 Å². The second-order valence-electron chi connectivity index (χ2n) is 2.61. The van der Waals surface area contributed by atoms with Crippen LogP contribution in [0.25, 0.3) is 0 Å². The Balaban J connectivity index is 2.64. The van der Waals surface area contributed by atoms with E-state index in [4.69, 9.17) is 10.2 Å². The van der Waals surface area contributed by atoms with Crippen molar-refractivity contribution in [3.63, 3.8) is 0 Å². The van der Waals surface area contributed by atoms with Gasteiger partial charge >= 0.3 is 5.97 Å². The number of rotatable bonds is 3. The molecule has 0 fully saturated rings. The number of hydrogen-bond acceptors (Lipinski definition) is 4. The Hall–Kier alpha value is -1.78. The van der Waals surface area contributed by atoms with E-state index in [9.17, 15) is 4.79 Å². The molecule has 1 unspecified atom stereocenters. The molecule has 1 aromatic heterocycles. The monoisotopic (exact) mass is 182 g/mol. The maximum Gasteiger partial charge on any atom is 0.325 e. The van der Waals surface area contributed by atoms with Gasteiger partial charge in [-0.15, -0.1) is 0 Å². The zero-order valence-electron chi connectivity index (χ0n) is 7.06. The van der Waals surface area contributed by atoms with Crippen LogP contribution in [-0.2, 0) is 4.79 Å². The van der Waals surface area contributed by atoms with Gasteiger partial charge in [0, 0.05) is 0 Å². The molecule has 1 rings (SSSR count). The Morgan fingerprint density at radius 1 is 1.62 bits per heavy atom. The molecular formula is C8H10N2O3. The third-order valence-electron chi connectivity index (χ3n) is 1.48. The number of aromatic nitrogens is 1. The van der Waals surface area contributed by atoms with E-state index >= 15 is 0 Å². The Labute approximate surface area is 75.0 Å². The molecule has 0 aliphatic carbocycles. The molecule has 0 amide bonds. The van der Waals surface area contributed by atoms with Gasteiger partial charge in [-0.1, -0.05) is 0 Å². The maximum absolute atomic E-state index is 10.4. The second-order valence-corrected chi connectivity index (χ2v) is 2.61. The lowest BCUT2D eigenvalue weighted by molar-refractivity contribution is -0.137. The summed E-state index contributed by atoms with van der Waals surface area (Å²) in [6, 6.07) is 2.25. The summed E-state index contributed by atoms with van der Waals surface area (Å²) >= 11 is 0. The summed E-state index contributed by atoms with van der Waals surface area (Å²) in [5, 5.41) is 20.1. The third-order valence-corrected chi connectivity index (χ3v) is 1.48. The predicted octanol–water partition coefficient (Wildman–Crippen LogP) is 0.672. The van der Waals surface area contributed by atoms with Crippen LogP contribution in [0.3, 0.4) is 0 Å². The highest BCUT2D eigenvalue weighted by molar-refractivity contribution is 5.76. The van der Waals surface area contributed by atoms with Crippen LogP contribution in [0.4, 0.5) is 5.82 Å². The Morgan fingerprint density at radius 3 is 2.77 bits per heavy atom. The van der Waals surface area contributed by atoms with Crippen molar-refractivity contribution in [3.8, 4) is 5.75 Å². The molecule has 1 aromatic rings. The van der Waals surface area contributed by atoms with Gasteiger partial charge in [-0.25, -0.2) is 4.98 Å². The minimum Gasteiger partial charge on any atom is -0.506 e. The minimum absolute atomic E-state index is 0.0496. The summed E-state index contributed by atoms with van der Waals surface area (Å²) in [7, 11) is 0. The smallest absolute Gasteiger partial charge is 0.325 e. The highest BCUT2D eigenvalue weighted by Gasteiger charge is 2.09. The van der Waals surface area contributed by atoms with Gasteiger partial charge in [0.2, 0.25) is 0 Å². The van der Waals surface area contributed by atoms with Crippen LogP contribution in [0.5, 0.6) is 5.75 Å².